The molecule has 0 amide bonds. The van der Waals surface area contributed by atoms with Crippen LogP contribution < -0.4 is 5.56 Å². The summed E-state index contributed by atoms with van der Waals surface area (Å²) >= 11 is 0. The van der Waals surface area contributed by atoms with Gasteiger partial charge in [0.05, 0.1) is 10.9 Å². The summed E-state index contributed by atoms with van der Waals surface area (Å²) in [6.45, 7) is 3.95. The molecule has 7 heteroatoms. The van der Waals surface area contributed by atoms with Crippen LogP contribution >= 0.6 is 0 Å². The van der Waals surface area contributed by atoms with Crippen molar-refractivity contribution in [1.82, 2.24) is 29.4 Å². The van der Waals surface area contributed by atoms with E-state index >= 15 is 0 Å². The van der Waals surface area contributed by atoms with Crippen LogP contribution in [0.2, 0.25) is 0 Å². The van der Waals surface area contributed by atoms with Gasteiger partial charge in [-0.25, -0.2) is 9.50 Å². The van der Waals surface area contributed by atoms with Crippen LogP contribution in [0, 0.1) is 13.8 Å². The van der Waals surface area contributed by atoms with Gasteiger partial charge in [0.2, 0.25) is 0 Å². The number of aromatic nitrogens is 6. The van der Waals surface area contributed by atoms with E-state index in [-0.39, 0.29) is 11.1 Å². The Hall–Kier alpha value is -4.13. The first-order valence-corrected chi connectivity index (χ1v) is 9.66. The lowest BCUT2D eigenvalue weighted by Gasteiger charge is -2.12. The number of benzene rings is 2. The first-order chi connectivity index (χ1) is 14.6. The maximum absolute atomic E-state index is 13.5. The summed E-state index contributed by atoms with van der Waals surface area (Å²) in [4.78, 5) is 18.1. The number of para-hydroxylation sites is 2. The van der Waals surface area contributed by atoms with Crippen molar-refractivity contribution in [2.75, 3.05) is 0 Å². The van der Waals surface area contributed by atoms with E-state index in [0.717, 1.165) is 33.2 Å². The molecule has 0 unspecified atom stereocenters. The average Bonchev–Trinajstić information content (AvgIpc) is 3.13. The Morgan fingerprint density at radius 1 is 0.900 bits per heavy atom. The quantitative estimate of drug-likeness (QED) is 0.398. The topological polar surface area (TPSA) is 78.0 Å². The van der Waals surface area contributed by atoms with Gasteiger partial charge in [0.15, 0.2) is 16.8 Å². The van der Waals surface area contributed by atoms with Crippen molar-refractivity contribution in [1.29, 1.82) is 0 Å². The fourth-order valence-corrected chi connectivity index (χ4v) is 4.21. The van der Waals surface area contributed by atoms with Gasteiger partial charge >= 0.3 is 0 Å². The lowest BCUT2D eigenvalue weighted by atomic mass is 10.1. The third-order valence-corrected chi connectivity index (χ3v) is 5.45. The molecule has 0 aliphatic heterocycles. The van der Waals surface area contributed by atoms with Crippen molar-refractivity contribution in [3.63, 3.8) is 0 Å². The molecule has 144 valence electrons. The molecule has 0 saturated carbocycles. The molecule has 0 fully saturated rings. The maximum atomic E-state index is 13.5. The molecule has 6 aromatic rings. The first kappa shape index (κ1) is 16.8. The molecule has 7 nitrogen and oxygen atoms in total. The van der Waals surface area contributed by atoms with Gasteiger partial charge in [-0.2, -0.15) is 0 Å². The van der Waals surface area contributed by atoms with Crippen LogP contribution in [0.25, 0.3) is 44.3 Å². The SMILES string of the molecule is Cc1cc(C)c2c(n1)nn1c2nnc2c(=O)n(-c3ccccc3)c3ccccc3c21. The molecule has 30 heavy (non-hydrogen) atoms. The molecule has 0 N–H and O–H groups in total. The highest BCUT2D eigenvalue weighted by atomic mass is 16.1. The Kier molecular flexibility index (Phi) is 3.32. The predicted octanol–water partition coefficient (Wildman–Crippen LogP) is 3.75. The normalized spacial score (nSPS) is 11.8. The highest BCUT2D eigenvalue weighted by Crippen LogP contribution is 2.27. The van der Waals surface area contributed by atoms with Gasteiger partial charge < -0.3 is 0 Å². The van der Waals surface area contributed by atoms with Crippen molar-refractivity contribution in [3.05, 3.63) is 82.3 Å². The molecule has 4 aromatic heterocycles. The summed E-state index contributed by atoms with van der Waals surface area (Å²) in [6, 6.07) is 19.3. The summed E-state index contributed by atoms with van der Waals surface area (Å²) in [7, 11) is 0. The van der Waals surface area contributed by atoms with E-state index in [1.54, 1.807) is 9.08 Å². The molecule has 0 bridgehead atoms. The van der Waals surface area contributed by atoms with E-state index in [4.69, 9.17) is 5.10 Å². The molecule has 0 saturated heterocycles. The predicted molar refractivity (Wildman–Crippen MR) is 116 cm³/mol. The number of aryl methyl sites for hydroxylation is 2. The van der Waals surface area contributed by atoms with Crippen LogP contribution in [0.5, 0.6) is 0 Å². The molecule has 0 atom stereocenters. The van der Waals surface area contributed by atoms with Crippen LogP contribution in [0.3, 0.4) is 0 Å². The Balaban J connectivity index is 1.88. The highest BCUT2D eigenvalue weighted by Gasteiger charge is 2.20. The average molecular weight is 392 g/mol. The second-order valence-corrected chi connectivity index (χ2v) is 7.41. The van der Waals surface area contributed by atoms with Crippen molar-refractivity contribution < 1.29 is 0 Å². The zero-order chi connectivity index (χ0) is 20.4. The number of pyridine rings is 2. The van der Waals surface area contributed by atoms with Gasteiger partial charge in [-0.15, -0.1) is 15.3 Å². The van der Waals surface area contributed by atoms with Crippen molar-refractivity contribution in [3.8, 4) is 5.69 Å². The maximum Gasteiger partial charge on any atom is 0.285 e. The second kappa shape index (κ2) is 5.93. The van der Waals surface area contributed by atoms with E-state index in [9.17, 15) is 4.79 Å². The molecule has 2 aromatic carbocycles. The van der Waals surface area contributed by atoms with Crippen LogP contribution in [-0.2, 0) is 0 Å². The van der Waals surface area contributed by atoms with E-state index in [1.807, 2.05) is 74.5 Å². The largest absolute Gasteiger partial charge is 0.285 e. The van der Waals surface area contributed by atoms with Crippen LogP contribution in [-0.4, -0.2) is 29.4 Å². The highest BCUT2D eigenvalue weighted by molar-refractivity contribution is 6.05. The monoisotopic (exact) mass is 392 g/mol. The fraction of sp³-hybridized carbons (Fsp3) is 0.0870. The van der Waals surface area contributed by atoms with Gasteiger partial charge in [0, 0.05) is 16.8 Å². The summed E-state index contributed by atoms with van der Waals surface area (Å²) in [5, 5.41) is 15.2. The fourth-order valence-electron chi connectivity index (χ4n) is 4.21. The van der Waals surface area contributed by atoms with Crippen molar-refractivity contribution >= 4 is 38.6 Å². The Morgan fingerprint density at radius 3 is 2.50 bits per heavy atom. The number of nitrogens with zero attached hydrogens (tertiary/aromatic N) is 6. The first-order valence-electron chi connectivity index (χ1n) is 9.66. The number of rotatable bonds is 1. The zero-order valence-corrected chi connectivity index (χ0v) is 16.4. The minimum Gasteiger partial charge on any atom is -0.275 e. The van der Waals surface area contributed by atoms with Gasteiger partial charge in [0.25, 0.3) is 5.56 Å². The minimum absolute atomic E-state index is 0.232. The molecule has 4 heterocycles. The molecular formula is C23H16N6O. The van der Waals surface area contributed by atoms with E-state index < -0.39 is 0 Å². The Bertz CT molecular complexity index is 1680. The van der Waals surface area contributed by atoms with Crippen LogP contribution in [0.1, 0.15) is 11.3 Å². The van der Waals surface area contributed by atoms with Gasteiger partial charge in [0.1, 0.15) is 5.52 Å². The summed E-state index contributed by atoms with van der Waals surface area (Å²) < 4.78 is 3.39. The summed E-state index contributed by atoms with van der Waals surface area (Å²) in [5.41, 5.74) is 5.37. The van der Waals surface area contributed by atoms with Crippen LogP contribution in [0.15, 0.2) is 65.5 Å². The van der Waals surface area contributed by atoms with Crippen molar-refractivity contribution in [2.45, 2.75) is 13.8 Å². The minimum atomic E-state index is -0.232. The van der Waals surface area contributed by atoms with Gasteiger partial charge in [-0.1, -0.05) is 36.4 Å². The molecule has 0 aliphatic carbocycles. The number of hydrogen-bond acceptors (Lipinski definition) is 5. The van der Waals surface area contributed by atoms with Gasteiger partial charge in [-0.3, -0.25) is 9.36 Å². The third kappa shape index (κ3) is 2.17. The lowest BCUT2D eigenvalue weighted by Crippen LogP contribution is -2.21. The Morgan fingerprint density at radius 2 is 1.67 bits per heavy atom. The molecular weight excluding hydrogens is 376 g/mol. The number of hydrogen-bond donors (Lipinski definition) is 0. The van der Waals surface area contributed by atoms with E-state index in [1.165, 1.54) is 0 Å². The van der Waals surface area contributed by atoms with E-state index in [0.29, 0.717) is 16.8 Å². The molecule has 0 aliphatic rings. The summed E-state index contributed by atoms with van der Waals surface area (Å²) in [6.07, 6.45) is 0. The summed E-state index contributed by atoms with van der Waals surface area (Å²) in [5.74, 6) is 0. The lowest BCUT2D eigenvalue weighted by molar-refractivity contribution is 0.936. The second-order valence-electron chi connectivity index (χ2n) is 7.41. The Labute approximate surface area is 170 Å². The van der Waals surface area contributed by atoms with Crippen LogP contribution in [0.4, 0.5) is 0 Å². The standard InChI is InChI=1S/C23H16N6O/c1-13-12-14(2)24-21-18(13)22-26-25-19-20(29(22)27-21)16-10-6-7-11-17(16)28(23(19)30)15-8-4-3-5-9-15/h3-12H,1-2H3. The third-order valence-electron chi connectivity index (χ3n) is 5.45. The smallest absolute Gasteiger partial charge is 0.275 e. The zero-order valence-electron chi connectivity index (χ0n) is 16.4. The molecule has 0 spiro atoms. The van der Waals surface area contributed by atoms with Gasteiger partial charge in [-0.05, 0) is 43.7 Å². The molecule has 6 rings (SSSR count). The molecule has 0 radical (unpaired) electrons. The van der Waals surface area contributed by atoms with E-state index in [2.05, 4.69) is 15.2 Å². The number of fused-ring (bicyclic) bond motifs is 7. The van der Waals surface area contributed by atoms with Crippen molar-refractivity contribution in [2.24, 2.45) is 0 Å².